The maximum atomic E-state index is 14.1. The average Bonchev–Trinajstić information content (AvgIpc) is 3.52. The van der Waals surface area contributed by atoms with Crippen LogP contribution >= 0.6 is 11.6 Å². The third-order valence-electron chi connectivity index (χ3n) is 13.0. The van der Waals surface area contributed by atoms with E-state index in [9.17, 15) is 88.2 Å². The van der Waals surface area contributed by atoms with Crippen LogP contribution in [0.15, 0.2) is 11.8 Å². The highest BCUT2D eigenvalue weighted by Crippen LogP contribution is 2.14. The third-order valence-corrected chi connectivity index (χ3v) is 13.3. The summed E-state index contributed by atoms with van der Waals surface area (Å²) in [5.41, 5.74) is 16.4. The number of cyclic esters (lactones) is 1. The minimum Gasteiger partial charge on any atom is -0.481 e. The van der Waals surface area contributed by atoms with Crippen molar-refractivity contribution in [2.75, 3.05) is 32.1 Å². The summed E-state index contributed by atoms with van der Waals surface area (Å²) in [4.78, 5) is 162. The minimum absolute atomic E-state index is 0.123. The fourth-order valence-corrected chi connectivity index (χ4v) is 8.41. The highest BCUT2D eigenvalue weighted by atomic mass is 35.5. The van der Waals surface area contributed by atoms with Crippen molar-refractivity contribution in [2.45, 2.75) is 203 Å². The van der Waals surface area contributed by atoms with Crippen molar-refractivity contribution in [3.05, 3.63) is 11.8 Å². The normalized spacial score (nSPS) is 24.5. The first-order valence-corrected chi connectivity index (χ1v) is 28.2. The Morgan fingerprint density at radius 1 is 0.627 bits per heavy atom. The van der Waals surface area contributed by atoms with Gasteiger partial charge in [-0.25, -0.2) is 9.59 Å². The number of hydrogen-bond acceptors (Lipinski definition) is 20. The van der Waals surface area contributed by atoms with E-state index in [1.54, 1.807) is 0 Å². The van der Waals surface area contributed by atoms with Gasteiger partial charge in [-0.15, -0.1) is 11.6 Å². The number of allylic oxidation sites excluding steroid dienone is 1. The maximum absolute atomic E-state index is 14.1. The van der Waals surface area contributed by atoms with Gasteiger partial charge >= 0.3 is 17.9 Å². The number of carboxylic acids is 2. The Morgan fingerprint density at radius 2 is 1.13 bits per heavy atom. The highest BCUT2D eigenvalue weighted by molar-refractivity contribution is 6.18. The molecule has 9 amide bonds. The van der Waals surface area contributed by atoms with Gasteiger partial charge in [0.15, 0.2) is 12.1 Å². The first-order chi connectivity index (χ1) is 39.3. The number of ether oxygens (including phenoxy) is 1. The van der Waals surface area contributed by atoms with Gasteiger partial charge in [0.2, 0.25) is 47.3 Å². The molecule has 1 saturated heterocycles. The number of amides is 9. The van der Waals surface area contributed by atoms with E-state index < -0.39 is 181 Å². The smallest absolute Gasteiger partial charge is 0.335 e. The van der Waals surface area contributed by atoms with Gasteiger partial charge in [-0.05, 0) is 72.0 Å². The molecule has 1 heterocycles. The number of hydrogen-bond donors (Lipinski definition) is 18. The number of esters is 1. The molecule has 1 aliphatic heterocycles. The molecule has 83 heavy (non-hydrogen) atoms. The van der Waals surface area contributed by atoms with Gasteiger partial charge in [-0.1, -0.05) is 70.8 Å². The molecule has 1 unspecified atom stereocenters. The van der Waals surface area contributed by atoms with Crippen LogP contribution in [-0.4, -0.2) is 207 Å². The van der Waals surface area contributed by atoms with Gasteiger partial charge in [0, 0.05) is 0 Å². The lowest BCUT2D eigenvalue weighted by Gasteiger charge is -2.28. The van der Waals surface area contributed by atoms with E-state index in [1.165, 1.54) is 6.92 Å². The number of carbonyl (C=O) groups is 12. The van der Waals surface area contributed by atoms with E-state index in [-0.39, 0.29) is 45.3 Å². The van der Waals surface area contributed by atoms with Crippen LogP contribution in [0.1, 0.15) is 130 Å². The van der Waals surface area contributed by atoms with E-state index in [0.29, 0.717) is 12.8 Å². The van der Waals surface area contributed by atoms with Crippen molar-refractivity contribution in [1.29, 1.82) is 0 Å². The molecule has 0 aromatic carbocycles. The monoisotopic (exact) mass is 1210 g/mol. The molecule has 472 valence electrons. The number of aliphatic hydroxyl groups is 4. The Morgan fingerprint density at radius 3 is 1.64 bits per heavy atom. The number of aliphatic carboxylic acids is 2. The molecule has 1 rings (SSSR count). The first kappa shape index (κ1) is 74.4. The Hall–Kier alpha value is -6.61. The number of nitrogens with one attached hydrogen (secondary N) is 9. The van der Waals surface area contributed by atoms with Gasteiger partial charge < -0.3 is 100 Å². The third kappa shape index (κ3) is 28.0. The van der Waals surface area contributed by atoms with Crippen molar-refractivity contribution in [1.82, 2.24) is 47.9 Å². The number of nitrogens with two attached hydrogens (primary N) is 3. The molecule has 0 aromatic heterocycles. The molecule has 1 fully saturated rings. The minimum atomic E-state index is -2.83. The Kier molecular flexibility index (Phi) is 36.4. The van der Waals surface area contributed by atoms with Gasteiger partial charge in [-0.3, -0.25) is 47.9 Å². The van der Waals surface area contributed by atoms with Crippen LogP contribution in [-0.2, 0) is 62.3 Å². The van der Waals surface area contributed by atoms with Crippen LogP contribution in [0.5, 0.6) is 0 Å². The fourth-order valence-electron chi connectivity index (χ4n) is 8.23. The number of halogens is 1. The summed E-state index contributed by atoms with van der Waals surface area (Å²) in [6.07, 6.45) is -0.358. The standard InChI is InChI=1S/C51H87ClN12O19/c1-4-6-7-8-9-10-11-12-13-16-28(66)23-36(68)56-34-26-83-51(82)39(35(67)25-52)63-49(79)40(41(71)50(80)81)64-42(72)29(5-2)57-48(78)38(27(3)65)62-45(75)32(19-22-55)59-43(73)30(17-14-15-20-53)58-46(76)33(24-37(69)70)61-44(74)31(18-21-54)60-47(34)77/h5,27-28,30-35,38-41,65-67,71H,4,6-26,53-55H2,1-3H3,(H,56,68)(H,57,78)(H,58,76)(H,59,73)(H,60,77)(H,61,74)(H,62,75)(H,63,79)(H,64,72)(H,69,70)(H,80,81)/b29-5-/t27-,28?,30+,31-,32+,33+,34+,35-,38+,39+,40+,41+/m1/s1. The topological polar surface area (TPSA) is 522 Å². The molecule has 0 aliphatic carbocycles. The van der Waals surface area contributed by atoms with Gasteiger partial charge in [0.05, 0.1) is 37.0 Å². The number of alkyl halides is 1. The number of carbonyl (C=O) groups excluding carboxylic acids is 10. The number of carboxylic acid groups (broad SMARTS) is 2. The zero-order chi connectivity index (χ0) is 62.8. The molecule has 0 bridgehead atoms. The molecule has 0 saturated carbocycles. The SMILES string of the molecule is C/C=C1\NC(=O)[C@H]([C@@H](C)O)NC(=O)[C@H](CCN)NC(=O)[C@H](CCCCN)NC(=O)[C@H](CC(=O)O)NC(=O)[C@@H](CCN)NC(=O)[C@@H](NC(=O)CC(O)CCCCCCCCCCC)COC(=O)[C@H]([C@H](O)CCl)NC(=O)[C@H]([C@H](O)C(=O)O)NC1=O. The zero-order valence-corrected chi connectivity index (χ0v) is 47.9. The molecule has 0 spiro atoms. The highest BCUT2D eigenvalue weighted by Gasteiger charge is 2.41. The molecule has 1 aliphatic rings. The summed E-state index contributed by atoms with van der Waals surface area (Å²) in [6.45, 7) is 2.61. The van der Waals surface area contributed by atoms with E-state index in [2.05, 4.69) is 44.1 Å². The zero-order valence-electron chi connectivity index (χ0n) is 47.2. The van der Waals surface area contributed by atoms with Gasteiger partial charge in [0.1, 0.15) is 54.6 Å². The molecule has 0 aromatic rings. The predicted molar refractivity (Wildman–Crippen MR) is 295 cm³/mol. The van der Waals surface area contributed by atoms with Gasteiger partial charge in [0.25, 0.3) is 5.91 Å². The molecule has 0 radical (unpaired) electrons. The van der Waals surface area contributed by atoms with Crippen LogP contribution in [0.4, 0.5) is 0 Å². The summed E-state index contributed by atoms with van der Waals surface area (Å²) < 4.78 is 5.27. The summed E-state index contributed by atoms with van der Waals surface area (Å²) in [5.74, 6) is -17.8. The fraction of sp³-hybridized carbons (Fsp3) is 0.725. The van der Waals surface area contributed by atoms with Crippen LogP contribution < -0.4 is 65.1 Å². The summed E-state index contributed by atoms with van der Waals surface area (Å²) in [6, 6.07) is -15.8. The Labute approximate surface area is 485 Å². The number of unbranched alkanes of at least 4 members (excludes halogenated alkanes) is 9. The second-order valence-corrected chi connectivity index (χ2v) is 20.2. The van der Waals surface area contributed by atoms with Crippen molar-refractivity contribution < 1.29 is 92.9 Å². The lowest BCUT2D eigenvalue weighted by atomic mass is 10.0. The lowest BCUT2D eigenvalue weighted by Crippen LogP contribution is -2.62. The van der Waals surface area contributed by atoms with E-state index in [0.717, 1.165) is 64.4 Å². The maximum Gasteiger partial charge on any atom is 0.335 e. The molecule has 31 nitrogen and oxygen atoms in total. The van der Waals surface area contributed by atoms with Crippen molar-refractivity contribution in [3.8, 4) is 0 Å². The Balaban J connectivity index is 4.01. The molecule has 32 heteroatoms. The quantitative estimate of drug-likeness (QED) is 0.0151. The van der Waals surface area contributed by atoms with E-state index in [1.807, 2.05) is 10.6 Å². The van der Waals surface area contributed by atoms with Gasteiger partial charge in [-0.2, -0.15) is 0 Å². The van der Waals surface area contributed by atoms with E-state index >= 15 is 0 Å². The van der Waals surface area contributed by atoms with Crippen molar-refractivity contribution in [3.63, 3.8) is 0 Å². The van der Waals surface area contributed by atoms with Crippen molar-refractivity contribution in [2.24, 2.45) is 17.2 Å². The number of aliphatic hydroxyl groups excluding tert-OH is 4. The number of rotatable bonds is 28. The van der Waals surface area contributed by atoms with Crippen LogP contribution in [0, 0.1) is 0 Å². The summed E-state index contributed by atoms with van der Waals surface area (Å²) in [5, 5.41) is 82.1. The van der Waals surface area contributed by atoms with Crippen molar-refractivity contribution >= 4 is 82.7 Å². The molecule has 12 atom stereocenters. The second-order valence-electron chi connectivity index (χ2n) is 19.9. The lowest BCUT2D eigenvalue weighted by molar-refractivity contribution is -0.155. The molecular formula is C51H87ClN12O19. The van der Waals surface area contributed by atoms with Crippen LogP contribution in [0.2, 0.25) is 0 Å². The Bertz CT molecular complexity index is 2190. The summed E-state index contributed by atoms with van der Waals surface area (Å²) >= 11 is 5.85. The average molecular weight is 1210 g/mol. The van der Waals surface area contributed by atoms with E-state index in [4.69, 9.17) is 33.5 Å². The van der Waals surface area contributed by atoms with Crippen LogP contribution in [0.3, 0.4) is 0 Å². The first-order valence-electron chi connectivity index (χ1n) is 27.7. The summed E-state index contributed by atoms with van der Waals surface area (Å²) in [7, 11) is 0. The molecular weight excluding hydrogens is 1120 g/mol. The molecule has 21 N–H and O–H groups in total. The second kappa shape index (κ2) is 40.6. The van der Waals surface area contributed by atoms with Crippen LogP contribution in [0.25, 0.3) is 0 Å². The largest absolute Gasteiger partial charge is 0.481 e. The predicted octanol–water partition coefficient (Wildman–Crippen LogP) is -5.16.